The Balaban J connectivity index is 2.29. The van der Waals surface area contributed by atoms with E-state index in [2.05, 4.69) is 31.0 Å². The third-order valence-electron chi connectivity index (χ3n) is 2.53. The van der Waals surface area contributed by atoms with Gasteiger partial charge in [-0.15, -0.1) is 0 Å². The summed E-state index contributed by atoms with van der Waals surface area (Å²) in [6, 6.07) is 6.87. The Hall–Kier alpha value is -1.79. The Morgan fingerprint density at radius 2 is 2.20 bits per heavy atom. The normalized spacial score (nSPS) is 10.2. The number of nitrogens with one attached hydrogen (secondary N) is 1. The maximum atomic E-state index is 11.6. The molecule has 1 aromatic heterocycles. The van der Waals surface area contributed by atoms with Crippen LogP contribution < -0.4 is 11.1 Å². The Morgan fingerprint density at radius 3 is 2.85 bits per heavy atom. The molecular weight excluding hydrogens is 346 g/mol. The van der Waals surface area contributed by atoms with E-state index in [4.69, 9.17) is 17.3 Å². The maximum Gasteiger partial charge on any atom is 0.340 e. The minimum Gasteiger partial charge on any atom is -0.465 e. The van der Waals surface area contributed by atoms with Gasteiger partial charge in [0.2, 0.25) is 0 Å². The Labute approximate surface area is 129 Å². The first-order valence-corrected chi connectivity index (χ1v) is 6.74. The van der Waals surface area contributed by atoms with Crippen LogP contribution in [-0.2, 0) is 4.74 Å². The molecule has 7 heteroatoms. The van der Waals surface area contributed by atoms with Crippen molar-refractivity contribution in [1.82, 2.24) is 4.98 Å². The van der Waals surface area contributed by atoms with Gasteiger partial charge in [0, 0.05) is 10.2 Å². The van der Waals surface area contributed by atoms with Crippen LogP contribution in [0.2, 0.25) is 5.02 Å². The molecule has 0 amide bonds. The van der Waals surface area contributed by atoms with Crippen molar-refractivity contribution < 1.29 is 9.53 Å². The molecule has 0 aliphatic heterocycles. The second kappa shape index (κ2) is 6.11. The summed E-state index contributed by atoms with van der Waals surface area (Å²) in [6.07, 6.45) is 1.40. The van der Waals surface area contributed by atoms with E-state index in [1.807, 2.05) is 0 Å². The lowest BCUT2D eigenvalue weighted by atomic mass is 10.2. The van der Waals surface area contributed by atoms with E-state index in [1.165, 1.54) is 19.4 Å². The fourth-order valence-electron chi connectivity index (χ4n) is 1.54. The number of nitrogen functional groups attached to an aromatic ring is 1. The van der Waals surface area contributed by atoms with Crippen LogP contribution >= 0.6 is 27.5 Å². The molecule has 0 saturated carbocycles. The number of carbonyl (C=O) groups is 1. The number of aromatic nitrogens is 1. The van der Waals surface area contributed by atoms with Crippen molar-refractivity contribution in [2.24, 2.45) is 0 Å². The third-order valence-corrected chi connectivity index (χ3v) is 3.75. The van der Waals surface area contributed by atoms with Crippen molar-refractivity contribution in [1.29, 1.82) is 0 Å². The van der Waals surface area contributed by atoms with Crippen molar-refractivity contribution in [2.45, 2.75) is 0 Å². The van der Waals surface area contributed by atoms with Gasteiger partial charge in [-0.05, 0) is 40.2 Å². The number of hydrogen-bond acceptors (Lipinski definition) is 5. The summed E-state index contributed by atoms with van der Waals surface area (Å²) in [6.45, 7) is 0. The number of esters is 1. The topological polar surface area (TPSA) is 77.2 Å². The number of halogens is 2. The Morgan fingerprint density at radius 1 is 1.45 bits per heavy atom. The van der Waals surface area contributed by atoms with Gasteiger partial charge in [0.05, 0.1) is 29.6 Å². The number of benzene rings is 1. The molecule has 0 bridgehead atoms. The molecule has 1 heterocycles. The number of anilines is 3. The molecule has 0 fully saturated rings. The van der Waals surface area contributed by atoms with Crippen LogP contribution in [0.3, 0.4) is 0 Å². The zero-order valence-electron chi connectivity index (χ0n) is 10.5. The van der Waals surface area contributed by atoms with Crippen molar-refractivity contribution in [3.8, 4) is 0 Å². The van der Waals surface area contributed by atoms with E-state index in [0.29, 0.717) is 10.8 Å². The molecule has 0 aliphatic rings. The smallest absolute Gasteiger partial charge is 0.340 e. The Kier molecular flexibility index (Phi) is 4.46. The molecule has 0 aliphatic carbocycles. The highest BCUT2D eigenvalue weighted by molar-refractivity contribution is 9.10. The number of hydrogen-bond donors (Lipinski definition) is 2. The zero-order valence-corrected chi connectivity index (χ0v) is 12.8. The first-order chi connectivity index (χ1) is 9.51. The first-order valence-electron chi connectivity index (χ1n) is 5.57. The minimum atomic E-state index is -0.509. The van der Waals surface area contributed by atoms with Crippen LogP contribution in [0.5, 0.6) is 0 Å². The highest BCUT2D eigenvalue weighted by Crippen LogP contribution is 2.27. The monoisotopic (exact) mass is 355 g/mol. The van der Waals surface area contributed by atoms with Gasteiger partial charge in [-0.2, -0.15) is 0 Å². The van der Waals surface area contributed by atoms with E-state index in [0.717, 1.165) is 10.2 Å². The summed E-state index contributed by atoms with van der Waals surface area (Å²) < 4.78 is 5.41. The second-order valence-electron chi connectivity index (χ2n) is 3.90. The number of nitrogens with zero attached hydrogens (tertiary/aromatic N) is 1. The van der Waals surface area contributed by atoms with Gasteiger partial charge >= 0.3 is 5.97 Å². The number of ether oxygens (including phenoxy) is 1. The number of pyridine rings is 1. The van der Waals surface area contributed by atoms with Crippen LogP contribution in [-0.4, -0.2) is 18.1 Å². The predicted octanol–water partition coefficient (Wildman–Crippen LogP) is 3.61. The summed E-state index contributed by atoms with van der Waals surface area (Å²) in [7, 11) is 1.30. The zero-order chi connectivity index (χ0) is 14.7. The fourth-order valence-corrected chi connectivity index (χ4v) is 2.04. The van der Waals surface area contributed by atoms with Gasteiger partial charge in [-0.1, -0.05) is 11.6 Å². The summed E-state index contributed by atoms with van der Waals surface area (Å²) >= 11 is 9.26. The molecule has 0 spiro atoms. The van der Waals surface area contributed by atoms with Crippen LogP contribution in [0, 0.1) is 0 Å². The highest BCUT2D eigenvalue weighted by Gasteiger charge is 2.11. The Bertz CT molecular complexity index is 664. The summed E-state index contributed by atoms with van der Waals surface area (Å²) in [5.41, 5.74) is 6.99. The molecule has 2 rings (SSSR count). The van der Waals surface area contributed by atoms with E-state index in [9.17, 15) is 4.79 Å². The van der Waals surface area contributed by atoms with Gasteiger partial charge < -0.3 is 15.8 Å². The number of methoxy groups -OCH3 is 1. The van der Waals surface area contributed by atoms with E-state index >= 15 is 0 Å². The van der Waals surface area contributed by atoms with Crippen molar-refractivity contribution in [2.75, 3.05) is 18.2 Å². The van der Waals surface area contributed by atoms with E-state index in [1.54, 1.807) is 18.2 Å². The summed E-state index contributed by atoms with van der Waals surface area (Å²) in [5, 5.41) is 3.66. The van der Waals surface area contributed by atoms with Crippen molar-refractivity contribution in [3.63, 3.8) is 0 Å². The first kappa shape index (κ1) is 14.6. The lowest BCUT2D eigenvalue weighted by Gasteiger charge is -2.09. The van der Waals surface area contributed by atoms with Crippen LogP contribution in [0.25, 0.3) is 0 Å². The van der Waals surface area contributed by atoms with Gasteiger partial charge in [0.25, 0.3) is 0 Å². The molecule has 0 radical (unpaired) electrons. The molecule has 104 valence electrons. The van der Waals surface area contributed by atoms with E-state index < -0.39 is 5.97 Å². The van der Waals surface area contributed by atoms with Crippen molar-refractivity contribution in [3.05, 3.63) is 45.5 Å². The quantitative estimate of drug-likeness (QED) is 0.822. The molecule has 2 aromatic rings. The number of nitrogens with two attached hydrogens (primary N) is 1. The maximum absolute atomic E-state index is 11.6. The largest absolute Gasteiger partial charge is 0.465 e. The average Bonchev–Trinajstić information content (AvgIpc) is 2.44. The molecule has 0 unspecified atom stereocenters. The molecule has 1 aromatic carbocycles. The summed E-state index contributed by atoms with van der Waals surface area (Å²) in [4.78, 5) is 15.7. The highest BCUT2D eigenvalue weighted by atomic mass is 79.9. The predicted molar refractivity (Wildman–Crippen MR) is 82.4 cm³/mol. The molecule has 0 atom stereocenters. The van der Waals surface area contributed by atoms with Crippen LogP contribution in [0.1, 0.15) is 10.4 Å². The standard InChI is InChI=1S/C13H11BrClN3O2/c1-20-13(19)8-5-12(17-6-11(8)16)18-7-2-3-10(15)9(14)4-7/h2-6H,16H2,1H3,(H,17,18). The van der Waals surface area contributed by atoms with Gasteiger partial charge in [0.1, 0.15) is 5.82 Å². The second-order valence-corrected chi connectivity index (χ2v) is 5.16. The SMILES string of the molecule is COC(=O)c1cc(Nc2ccc(Cl)c(Br)c2)ncc1N. The fraction of sp³-hybridized carbons (Fsp3) is 0.0769. The van der Waals surface area contributed by atoms with Crippen molar-refractivity contribution >= 4 is 50.7 Å². The van der Waals surface area contributed by atoms with Gasteiger partial charge in [0.15, 0.2) is 0 Å². The number of carbonyl (C=O) groups excluding carboxylic acids is 1. The average molecular weight is 357 g/mol. The minimum absolute atomic E-state index is 0.262. The van der Waals surface area contributed by atoms with Crippen LogP contribution in [0.15, 0.2) is 34.9 Å². The molecule has 20 heavy (non-hydrogen) atoms. The number of rotatable bonds is 3. The lowest BCUT2D eigenvalue weighted by molar-refractivity contribution is 0.0602. The molecule has 3 N–H and O–H groups in total. The lowest BCUT2D eigenvalue weighted by Crippen LogP contribution is -2.07. The van der Waals surface area contributed by atoms with Crippen LogP contribution in [0.4, 0.5) is 17.2 Å². The molecular formula is C13H11BrClN3O2. The molecule has 5 nitrogen and oxygen atoms in total. The summed E-state index contributed by atoms with van der Waals surface area (Å²) in [5.74, 6) is -0.0286. The van der Waals surface area contributed by atoms with Gasteiger partial charge in [-0.3, -0.25) is 0 Å². The third kappa shape index (κ3) is 3.20. The van der Waals surface area contributed by atoms with Gasteiger partial charge in [-0.25, -0.2) is 9.78 Å². The van der Waals surface area contributed by atoms with E-state index in [-0.39, 0.29) is 11.3 Å². The molecule has 0 saturated heterocycles.